The zero-order valence-corrected chi connectivity index (χ0v) is 8.48. The van der Waals surface area contributed by atoms with Gasteiger partial charge in [0.1, 0.15) is 0 Å². The number of rotatable bonds is 4. The lowest BCUT2D eigenvalue weighted by Crippen LogP contribution is -2.29. The van der Waals surface area contributed by atoms with Crippen LogP contribution in [0.5, 0.6) is 0 Å². The number of nitrogens with one attached hydrogen (secondary N) is 1. The summed E-state index contributed by atoms with van der Waals surface area (Å²) in [6.07, 6.45) is 1.60. The maximum atomic E-state index is 10.8. The first-order valence-electron chi connectivity index (χ1n) is 3.74. The van der Waals surface area contributed by atoms with Crippen LogP contribution in [0.15, 0.2) is 0 Å². The molecule has 0 bridgehead atoms. The van der Waals surface area contributed by atoms with Crippen LogP contribution in [-0.4, -0.2) is 17.7 Å². The molecule has 1 N–H and O–H groups in total. The van der Waals surface area contributed by atoms with E-state index in [1.165, 1.54) is 0 Å². The van der Waals surface area contributed by atoms with Gasteiger partial charge in [0.25, 0.3) is 0 Å². The number of carbonyl (C=O) groups excluding carboxylic acids is 1. The second-order valence-corrected chi connectivity index (χ2v) is 3.62. The van der Waals surface area contributed by atoms with Crippen molar-refractivity contribution in [1.82, 2.24) is 5.32 Å². The fraction of sp³-hybridized carbons (Fsp3) is 0.857. The molecular weight excluding hydrogens is 210 g/mol. The predicted molar refractivity (Wildman–Crippen MR) is 47.8 cm³/mol. The molecule has 0 aromatic carbocycles. The maximum absolute atomic E-state index is 10.8. The normalized spacial score (nSPS) is 12.3. The number of alkyl halides is 1. The van der Waals surface area contributed by atoms with Crippen LogP contribution in [0, 0.1) is 0 Å². The Labute approximate surface area is 75.6 Å². The molecule has 0 aliphatic carbocycles. The van der Waals surface area contributed by atoms with E-state index in [0.29, 0.717) is 6.61 Å². The lowest BCUT2D eigenvalue weighted by molar-refractivity contribution is 0.144. The van der Waals surface area contributed by atoms with Crippen LogP contribution >= 0.6 is 15.9 Å². The third-order valence-electron chi connectivity index (χ3n) is 1.05. The number of alkyl carbamates (subject to hydrolysis) is 1. The van der Waals surface area contributed by atoms with E-state index in [2.05, 4.69) is 21.2 Å². The van der Waals surface area contributed by atoms with Gasteiger partial charge in [-0.2, -0.15) is 0 Å². The molecular formula is C7H14BrNO2. The molecule has 0 aromatic heterocycles. The van der Waals surface area contributed by atoms with Gasteiger partial charge in [0.2, 0.25) is 0 Å². The predicted octanol–water partition coefficient (Wildman–Crippen LogP) is 2.25. The Hall–Kier alpha value is -0.250. The Kier molecular flexibility index (Phi) is 6.31. The first kappa shape index (κ1) is 10.8. The molecule has 0 saturated heterocycles. The Bertz CT molecular complexity index is 117. The van der Waals surface area contributed by atoms with Crippen molar-refractivity contribution < 1.29 is 9.53 Å². The van der Waals surface area contributed by atoms with Crippen molar-refractivity contribution in [3.63, 3.8) is 0 Å². The Morgan fingerprint density at radius 3 is 2.82 bits per heavy atom. The lowest BCUT2D eigenvalue weighted by atomic mass is 10.4. The summed E-state index contributed by atoms with van der Waals surface area (Å²) >= 11 is 3.17. The molecule has 0 spiro atoms. The fourth-order valence-electron chi connectivity index (χ4n) is 0.513. The van der Waals surface area contributed by atoms with Crippen molar-refractivity contribution in [3.8, 4) is 0 Å². The third-order valence-corrected chi connectivity index (χ3v) is 1.28. The zero-order chi connectivity index (χ0) is 8.69. The van der Waals surface area contributed by atoms with E-state index in [9.17, 15) is 4.79 Å². The first-order chi connectivity index (χ1) is 5.16. The van der Waals surface area contributed by atoms with E-state index in [4.69, 9.17) is 4.74 Å². The number of ether oxygens (including phenoxy) is 1. The molecule has 1 amide bonds. The highest BCUT2D eigenvalue weighted by Crippen LogP contribution is 1.93. The summed E-state index contributed by atoms with van der Waals surface area (Å²) in [6, 6.07) is 0. The molecule has 0 fully saturated rings. The van der Waals surface area contributed by atoms with Gasteiger partial charge in [-0.05, 0) is 13.3 Å². The van der Waals surface area contributed by atoms with E-state index >= 15 is 0 Å². The summed E-state index contributed by atoms with van der Waals surface area (Å²) in [7, 11) is 0. The smallest absolute Gasteiger partial charge is 0.408 e. The molecule has 1 unspecified atom stereocenters. The summed E-state index contributed by atoms with van der Waals surface area (Å²) in [5.74, 6) is 0. The minimum atomic E-state index is -0.358. The quantitative estimate of drug-likeness (QED) is 0.451. The van der Waals surface area contributed by atoms with Gasteiger partial charge in [0, 0.05) is 0 Å². The third kappa shape index (κ3) is 7.65. The molecule has 1 atom stereocenters. The van der Waals surface area contributed by atoms with Gasteiger partial charge in [-0.25, -0.2) is 4.79 Å². The molecule has 11 heavy (non-hydrogen) atoms. The summed E-state index contributed by atoms with van der Waals surface area (Å²) in [5, 5.41) is 2.56. The zero-order valence-electron chi connectivity index (χ0n) is 6.89. The minimum Gasteiger partial charge on any atom is -0.450 e. The Morgan fingerprint density at radius 1 is 1.73 bits per heavy atom. The maximum Gasteiger partial charge on any atom is 0.408 e. The lowest BCUT2D eigenvalue weighted by Gasteiger charge is -2.07. The summed E-state index contributed by atoms with van der Waals surface area (Å²) in [6.45, 7) is 4.37. The summed E-state index contributed by atoms with van der Waals surface area (Å²) in [4.78, 5) is 10.7. The van der Waals surface area contributed by atoms with Crippen LogP contribution in [0.3, 0.4) is 0 Å². The van der Waals surface area contributed by atoms with Crippen molar-refractivity contribution in [2.45, 2.75) is 31.6 Å². The largest absolute Gasteiger partial charge is 0.450 e. The number of halogens is 1. The summed E-state index contributed by atoms with van der Waals surface area (Å²) in [5.41, 5.74) is 0. The number of hydrogen-bond donors (Lipinski definition) is 1. The van der Waals surface area contributed by atoms with Crippen molar-refractivity contribution in [3.05, 3.63) is 0 Å². The molecule has 3 nitrogen and oxygen atoms in total. The highest BCUT2D eigenvalue weighted by Gasteiger charge is 2.02. The second kappa shape index (κ2) is 6.46. The molecule has 0 saturated carbocycles. The van der Waals surface area contributed by atoms with Crippen LogP contribution in [0.4, 0.5) is 4.79 Å². The number of unbranched alkanes of at least 4 members (excludes halogenated alkanes) is 1. The van der Waals surface area contributed by atoms with Gasteiger partial charge in [-0.15, -0.1) is 0 Å². The summed E-state index contributed by atoms with van der Waals surface area (Å²) < 4.78 is 4.81. The molecule has 0 heterocycles. The topological polar surface area (TPSA) is 38.3 Å². The molecule has 0 rings (SSSR count). The van der Waals surface area contributed by atoms with Crippen LogP contribution in [0.1, 0.15) is 26.7 Å². The first-order valence-corrected chi connectivity index (χ1v) is 4.65. The van der Waals surface area contributed by atoms with Gasteiger partial charge in [-0.1, -0.05) is 29.3 Å². The van der Waals surface area contributed by atoms with E-state index in [0.717, 1.165) is 12.8 Å². The highest BCUT2D eigenvalue weighted by atomic mass is 79.9. The van der Waals surface area contributed by atoms with Crippen LogP contribution < -0.4 is 5.32 Å². The molecule has 66 valence electrons. The van der Waals surface area contributed by atoms with Gasteiger partial charge in [-0.3, -0.25) is 0 Å². The Morgan fingerprint density at radius 2 is 2.36 bits per heavy atom. The SMILES string of the molecule is CCCCOC(=O)NC(C)Br. The Balaban J connectivity index is 3.23. The average Bonchev–Trinajstić information content (AvgIpc) is 1.86. The second-order valence-electron chi connectivity index (χ2n) is 2.25. The van der Waals surface area contributed by atoms with E-state index in [1.807, 2.05) is 13.8 Å². The van der Waals surface area contributed by atoms with Crippen LogP contribution in [-0.2, 0) is 4.74 Å². The van der Waals surface area contributed by atoms with Gasteiger partial charge >= 0.3 is 6.09 Å². The van der Waals surface area contributed by atoms with Crippen molar-refractivity contribution in [1.29, 1.82) is 0 Å². The van der Waals surface area contributed by atoms with Gasteiger partial charge in [0.15, 0.2) is 0 Å². The van der Waals surface area contributed by atoms with E-state index < -0.39 is 0 Å². The molecule has 0 aromatic rings. The van der Waals surface area contributed by atoms with Crippen LogP contribution in [0.2, 0.25) is 0 Å². The monoisotopic (exact) mass is 223 g/mol. The fourth-order valence-corrected chi connectivity index (χ4v) is 0.700. The molecule has 0 radical (unpaired) electrons. The number of hydrogen-bond acceptors (Lipinski definition) is 2. The minimum absolute atomic E-state index is 0.0309. The van der Waals surface area contributed by atoms with Crippen LogP contribution in [0.25, 0.3) is 0 Å². The highest BCUT2D eigenvalue weighted by molar-refractivity contribution is 9.09. The molecule has 0 aliphatic rings. The average molecular weight is 224 g/mol. The molecule has 0 aliphatic heterocycles. The van der Waals surface area contributed by atoms with Crippen molar-refractivity contribution in [2.24, 2.45) is 0 Å². The van der Waals surface area contributed by atoms with Gasteiger partial charge in [0.05, 0.1) is 11.6 Å². The number of amides is 1. The van der Waals surface area contributed by atoms with Crippen molar-refractivity contribution in [2.75, 3.05) is 6.61 Å². The van der Waals surface area contributed by atoms with Gasteiger partial charge < -0.3 is 10.1 Å². The van der Waals surface area contributed by atoms with E-state index in [1.54, 1.807) is 0 Å². The van der Waals surface area contributed by atoms with E-state index in [-0.39, 0.29) is 11.0 Å². The number of carbonyl (C=O) groups is 1. The van der Waals surface area contributed by atoms with Crippen molar-refractivity contribution >= 4 is 22.0 Å². The molecule has 4 heteroatoms. The standard InChI is InChI=1S/C7H14BrNO2/c1-3-4-5-11-7(10)9-6(2)8/h6H,3-5H2,1-2H3,(H,9,10).